The molecule has 3 rings (SSSR count). The molecule has 1 saturated heterocycles. The Kier molecular flexibility index (Phi) is 6.47. The van der Waals surface area contributed by atoms with Gasteiger partial charge in [-0.05, 0) is 17.5 Å². The first-order valence-corrected chi connectivity index (χ1v) is 9.14. The maximum Gasteiger partial charge on any atom is 0.191 e. The van der Waals surface area contributed by atoms with Crippen molar-refractivity contribution in [2.75, 3.05) is 6.61 Å². The summed E-state index contributed by atoms with van der Waals surface area (Å²) in [6, 6.07) is 20.2. The molecule has 1 fully saturated rings. The summed E-state index contributed by atoms with van der Waals surface area (Å²) < 4.78 is 11.7. The molecule has 0 aliphatic carbocycles. The molecule has 1 heterocycles. The third kappa shape index (κ3) is 5.48. The second kappa shape index (κ2) is 9.02. The van der Waals surface area contributed by atoms with Crippen molar-refractivity contribution in [3.05, 3.63) is 71.8 Å². The summed E-state index contributed by atoms with van der Waals surface area (Å²) in [5.74, 6) is 0. The van der Waals surface area contributed by atoms with E-state index in [1.165, 1.54) is 11.8 Å². The quantitative estimate of drug-likeness (QED) is 0.755. The van der Waals surface area contributed by atoms with Crippen LogP contribution >= 0.6 is 11.8 Å². The maximum atomic E-state index is 12.0. The fourth-order valence-electron chi connectivity index (χ4n) is 2.74. The van der Waals surface area contributed by atoms with Crippen molar-refractivity contribution in [3.63, 3.8) is 0 Å². The normalized spacial score (nSPS) is 20.9. The first kappa shape index (κ1) is 17.2. The molecule has 0 amide bonds. The molecule has 0 N–H and O–H groups in total. The molecule has 0 saturated carbocycles. The summed E-state index contributed by atoms with van der Waals surface area (Å²) in [5, 5.41) is 0.378. The van der Waals surface area contributed by atoms with E-state index in [0.29, 0.717) is 26.2 Å². The molecule has 24 heavy (non-hydrogen) atoms. The van der Waals surface area contributed by atoms with Crippen LogP contribution in [0.4, 0.5) is 0 Å². The molecule has 2 unspecified atom stereocenters. The van der Waals surface area contributed by atoms with Crippen LogP contribution in [0.2, 0.25) is 0 Å². The number of carbonyl (C=O) groups is 1. The number of thioether (sulfide) groups is 1. The number of hydrogen-bond donors (Lipinski definition) is 0. The van der Waals surface area contributed by atoms with Gasteiger partial charge in [-0.1, -0.05) is 72.4 Å². The predicted molar refractivity (Wildman–Crippen MR) is 96.7 cm³/mol. The highest BCUT2D eigenvalue weighted by Crippen LogP contribution is 2.29. The average Bonchev–Trinajstić information content (AvgIpc) is 2.61. The number of rotatable bonds is 7. The second-order valence-corrected chi connectivity index (χ2v) is 7.33. The predicted octanol–water partition coefficient (Wildman–Crippen LogP) is 4.21. The fourth-order valence-corrected chi connectivity index (χ4v) is 3.87. The van der Waals surface area contributed by atoms with Crippen molar-refractivity contribution in [2.45, 2.75) is 37.4 Å². The molecular formula is C20H22O3S. The molecule has 4 heteroatoms. The van der Waals surface area contributed by atoms with E-state index in [-0.39, 0.29) is 16.5 Å². The Morgan fingerprint density at radius 3 is 2.21 bits per heavy atom. The Bertz CT molecular complexity index is 630. The molecule has 1 aliphatic rings. The van der Waals surface area contributed by atoms with Gasteiger partial charge in [-0.15, -0.1) is 0 Å². The van der Waals surface area contributed by atoms with Crippen LogP contribution in [0.5, 0.6) is 0 Å². The third-order valence-electron chi connectivity index (χ3n) is 3.96. The van der Waals surface area contributed by atoms with Crippen LogP contribution in [0.1, 0.15) is 24.0 Å². The minimum absolute atomic E-state index is 0.00992. The lowest BCUT2D eigenvalue weighted by atomic mass is 10.1. The van der Waals surface area contributed by atoms with E-state index in [1.807, 2.05) is 60.7 Å². The van der Waals surface area contributed by atoms with Gasteiger partial charge >= 0.3 is 0 Å². The zero-order chi connectivity index (χ0) is 16.6. The number of ether oxygens (including phenoxy) is 2. The molecule has 0 bridgehead atoms. The number of hydrogen-bond acceptors (Lipinski definition) is 4. The summed E-state index contributed by atoms with van der Waals surface area (Å²) in [6.45, 7) is 1.72. The molecule has 2 atom stereocenters. The van der Waals surface area contributed by atoms with Gasteiger partial charge in [-0.3, -0.25) is 4.79 Å². The number of benzene rings is 2. The summed E-state index contributed by atoms with van der Waals surface area (Å²) in [5.41, 5.74) is 2.29. The lowest BCUT2D eigenvalue weighted by Crippen LogP contribution is -2.30. The largest absolute Gasteiger partial charge is 0.376 e. The van der Waals surface area contributed by atoms with Crippen molar-refractivity contribution in [1.82, 2.24) is 0 Å². The molecule has 2 aromatic carbocycles. The topological polar surface area (TPSA) is 35.5 Å². The van der Waals surface area contributed by atoms with Gasteiger partial charge in [0.1, 0.15) is 0 Å². The van der Waals surface area contributed by atoms with Crippen molar-refractivity contribution in [1.29, 1.82) is 0 Å². The Morgan fingerprint density at radius 2 is 1.54 bits per heavy atom. The molecule has 0 radical (unpaired) electrons. The van der Waals surface area contributed by atoms with Crippen molar-refractivity contribution >= 4 is 16.9 Å². The van der Waals surface area contributed by atoms with Crippen LogP contribution in [-0.2, 0) is 27.5 Å². The van der Waals surface area contributed by atoms with Crippen molar-refractivity contribution < 1.29 is 14.3 Å². The van der Waals surface area contributed by atoms with E-state index in [9.17, 15) is 4.79 Å². The Hall–Kier alpha value is -1.62. The van der Waals surface area contributed by atoms with E-state index < -0.39 is 0 Å². The molecule has 0 aromatic heterocycles. The highest BCUT2D eigenvalue weighted by Gasteiger charge is 2.28. The lowest BCUT2D eigenvalue weighted by Gasteiger charge is -2.27. The Labute approximate surface area is 147 Å². The van der Waals surface area contributed by atoms with Gasteiger partial charge in [0.2, 0.25) is 0 Å². The average molecular weight is 342 g/mol. The van der Waals surface area contributed by atoms with Gasteiger partial charge in [-0.25, -0.2) is 0 Å². The van der Waals surface area contributed by atoms with Crippen molar-refractivity contribution in [3.8, 4) is 0 Å². The second-order valence-electron chi connectivity index (χ2n) is 5.97. The van der Waals surface area contributed by atoms with Gasteiger partial charge in [0, 0.05) is 11.7 Å². The van der Waals surface area contributed by atoms with Crippen LogP contribution < -0.4 is 0 Å². The summed E-state index contributed by atoms with van der Waals surface area (Å²) >= 11 is 1.40. The summed E-state index contributed by atoms with van der Waals surface area (Å²) in [6.07, 6.45) is 1.34. The Balaban J connectivity index is 1.44. The van der Waals surface area contributed by atoms with Gasteiger partial charge in [0.25, 0.3) is 0 Å². The molecule has 2 aromatic rings. The van der Waals surface area contributed by atoms with E-state index in [1.54, 1.807) is 0 Å². The summed E-state index contributed by atoms with van der Waals surface area (Å²) in [4.78, 5) is 12.0. The number of carbonyl (C=O) groups excluding carboxylic acids is 1. The standard InChI is InChI=1S/C20H22O3S/c21-20-12-18(23-14-17-9-5-2-6-10-17)11-19(24-20)15-22-13-16-7-3-1-4-8-16/h1-10,18-19H,11-15H2. The maximum absolute atomic E-state index is 12.0. The van der Waals surface area contributed by atoms with E-state index >= 15 is 0 Å². The molecule has 126 valence electrons. The first-order valence-electron chi connectivity index (χ1n) is 8.26. The minimum Gasteiger partial charge on any atom is -0.376 e. The van der Waals surface area contributed by atoms with Crippen molar-refractivity contribution in [2.24, 2.45) is 0 Å². The SMILES string of the molecule is O=C1CC(OCc2ccccc2)CC(COCc2ccccc2)S1. The van der Waals surface area contributed by atoms with Crippen LogP contribution in [-0.4, -0.2) is 23.1 Å². The minimum atomic E-state index is -0.00992. The van der Waals surface area contributed by atoms with Crippen LogP contribution in [0.3, 0.4) is 0 Å². The smallest absolute Gasteiger partial charge is 0.191 e. The molecule has 0 spiro atoms. The van der Waals surface area contributed by atoms with Gasteiger partial charge in [0.15, 0.2) is 5.12 Å². The van der Waals surface area contributed by atoms with E-state index in [4.69, 9.17) is 9.47 Å². The zero-order valence-electron chi connectivity index (χ0n) is 13.6. The highest BCUT2D eigenvalue weighted by molar-refractivity contribution is 8.14. The monoisotopic (exact) mass is 342 g/mol. The van der Waals surface area contributed by atoms with Crippen LogP contribution in [0.25, 0.3) is 0 Å². The van der Waals surface area contributed by atoms with Crippen LogP contribution in [0.15, 0.2) is 60.7 Å². The Morgan fingerprint density at radius 1 is 0.917 bits per heavy atom. The van der Waals surface area contributed by atoms with E-state index in [2.05, 4.69) is 0 Å². The van der Waals surface area contributed by atoms with Gasteiger partial charge < -0.3 is 9.47 Å². The highest BCUT2D eigenvalue weighted by atomic mass is 32.2. The van der Waals surface area contributed by atoms with E-state index in [0.717, 1.165) is 17.5 Å². The van der Waals surface area contributed by atoms with Crippen LogP contribution in [0, 0.1) is 0 Å². The fraction of sp³-hybridized carbons (Fsp3) is 0.350. The first-order chi connectivity index (χ1) is 11.8. The summed E-state index contributed by atoms with van der Waals surface area (Å²) in [7, 11) is 0. The molecule has 3 nitrogen and oxygen atoms in total. The molecular weight excluding hydrogens is 320 g/mol. The zero-order valence-corrected chi connectivity index (χ0v) is 14.4. The lowest BCUT2D eigenvalue weighted by molar-refractivity contribution is -0.115. The van der Waals surface area contributed by atoms with Gasteiger partial charge in [0.05, 0.1) is 25.9 Å². The third-order valence-corrected chi connectivity index (χ3v) is 5.05. The molecule has 1 aliphatic heterocycles. The van der Waals surface area contributed by atoms with Gasteiger partial charge in [-0.2, -0.15) is 0 Å².